The lowest BCUT2D eigenvalue weighted by Gasteiger charge is -2.11. The number of carbonyl (C=O) groups excluding carboxylic acids is 1. The van der Waals surface area contributed by atoms with E-state index in [4.69, 9.17) is 9.47 Å². The first kappa shape index (κ1) is 18.4. The molecule has 4 nitrogen and oxygen atoms in total. The first-order chi connectivity index (χ1) is 12.6. The van der Waals surface area contributed by atoms with Crippen molar-refractivity contribution in [1.29, 1.82) is 0 Å². The molecule has 2 aromatic rings. The summed E-state index contributed by atoms with van der Waals surface area (Å²) in [7, 11) is 0.534. The smallest absolute Gasteiger partial charge is 0.339 e. The minimum absolute atomic E-state index is 0.280. The average Bonchev–Trinajstić information content (AvgIpc) is 3.02. The molecule has 1 unspecified atom stereocenters. The second kappa shape index (κ2) is 7.89. The molecule has 0 bridgehead atoms. The lowest BCUT2D eigenvalue weighted by molar-refractivity contribution is -0.137. The highest BCUT2D eigenvalue weighted by atomic mass is 32.2. The van der Waals surface area contributed by atoms with Crippen LogP contribution in [0.15, 0.2) is 54.1 Å². The highest BCUT2D eigenvalue weighted by molar-refractivity contribution is 8.11. The number of rotatable bonds is 5. The van der Waals surface area contributed by atoms with Crippen LogP contribution in [0.3, 0.4) is 0 Å². The summed E-state index contributed by atoms with van der Waals surface area (Å²) in [6, 6.07) is 15.4. The minimum atomic E-state index is -1.07. The molecule has 2 aromatic carbocycles. The Kier molecular flexibility index (Phi) is 5.59. The van der Waals surface area contributed by atoms with Crippen molar-refractivity contribution in [2.24, 2.45) is 0 Å². The molecule has 1 N–H and O–H groups in total. The van der Waals surface area contributed by atoms with Gasteiger partial charge in [-0.1, -0.05) is 54.1 Å². The zero-order valence-electron chi connectivity index (χ0n) is 15.1. The molecule has 26 heavy (non-hydrogen) atoms. The molecular formula is C21H22O4S. The molecule has 0 heterocycles. The number of carbonyl (C=O) groups is 1. The summed E-state index contributed by atoms with van der Waals surface area (Å²) in [5.41, 5.74) is 3.92. The van der Waals surface area contributed by atoms with Crippen molar-refractivity contribution < 1.29 is 18.8 Å². The first-order valence-electron chi connectivity index (χ1n) is 8.55. The van der Waals surface area contributed by atoms with Gasteiger partial charge in [0, 0.05) is 21.8 Å². The normalized spacial score (nSPS) is 15.6. The molecule has 0 fully saturated rings. The fourth-order valence-electron chi connectivity index (χ4n) is 3.13. The molecular weight excluding hydrogens is 348 g/mol. The highest BCUT2D eigenvalue weighted by Gasteiger charge is 2.34. The van der Waals surface area contributed by atoms with Gasteiger partial charge in [0.25, 0.3) is 0 Å². The summed E-state index contributed by atoms with van der Waals surface area (Å²) in [4.78, 5) is 13.5. The Labute approximate surface area is 156 Å². The van der Waals surface area contributed by atoms with Gasteiger partial charge in [-0.05, 0) is 30.2 Å². The van der Waals surface area contributed by atoms with E-state index in [2.05, 4.69) is 0 Å². The topological polar surface area (TPSA) is 55.8 Å². The summed E-state index contributed by atoms with van der Waals surface area (Å²) in [6.45, 7) is 3.96. The Morgan fingerprint density at radius 3 is 2.42 bits per heavy atom. The van der Waals surface area contributed by atoms with Crippen LogP contribution in [0, 0.1) is 0 Å². The third-order valence-electron chi connectivity index (χ3n) is 4.27. The van der Waals surface area contributed by atoms with Crippen molar-refractivity contribution in [2.75, 3.05) is 19.5 Å². The van der Waals surface area contributed by atoms with Crippen molar-refractivity contribution in [3.05, 3.63) is 70.8 Å². The predicted octanol–water partition coefficient (Wildman–Crippen LogP) is 4.36. The van der Waals surface area contributed by atoms with Crippen LogP contribution in [-0.4, -0.2) is 34.9 Å². The summed E-state index contributed by atoms with van der Waals surface area (Å²) in [5, 5.41) is 0. The Morgan fingerprint density at radius 1 is 1.08 bits per heavy atom. The van der Waals surface area contributed by atoms with Crippen LogP contribution >= 0.6 is 10.8 Å². The quantitative estimate of drug-likeness (QED) is 0.628. The van der Waals surface area contributed by atoms with Gasteiger partial charge in [-0.3, -0.25) is 0 Å². The lowest BCUT2D eigenvalue weighted by Crippen LogP contribution is -2.15. The van der Waals surface area contributed by atoms with Crippen molar-refractivity contribution in [3.63, 3.8) is 0 Å². The fraction of sp³-hybridized carbons (Fsp3) is 0.238. The van der Waals surface area contributed by atoms with E-state index < -0.39 is 16.7 Å². The maximum absolute atomic E-state index is 12.8. The number of methoxy groups -OCH3 is 1. The van der Waals surface area contributed by atoms with Crippen LogP contribution in [0.5, 0.6) is 5.75 Å². The van der Waals surface area contributed by atoms with Crippen LogP contribution in [0.4, 0.5) is 0 Å². The number of fused-ring (bicyclic) bond motifs is 1. The van der Waals surface area contributed by atoms with Crippen molar-refractivity contribution in [3.8, 4) is 5.75 Å². The van der Waals surface area contributed by atoms with Crippen LogP contribution in [-0.2, 0) is 9.53 Å². The highest BCUT2D eigenvalue weighted by Crippen LogP contribution is 2.42. The largest absolute Gasteiger partial charge is 0.497 e. The zero-order chi connectivity index (χ0) is 18.7. The molecule has 0 radical (unpaired) electrons. The second-order valence-electron chi connectivity index (χ2n) is 5.73. The van der Waals surface area contributed by atoms with E-state index >= 15 is 0 Å². The van der Waals surface area contributed by atoms with E-state index in [1.165, 1.54) is 0 Å². The van der Waals surface area contributed by atoms with Gasteiger partial charge in [0.1, 0.15) is 5.75 Å². The van der Waals surface area contributed by atoms with E-state index in [0.29, 0.717) is 21.9 Å². The molecule has 1 aliphatic carbocycles. The predicted molar refractivity (Wildman–Crippen MR) is 107 cm³/mol. The molecule has 0 amide bonds. The van der Waals surface area contributed by atoms with E-state index in [1.807, 2.05) is 55.5 Å². The van der Waals surface area contributed by atoms with E-state index in [-0.39, 0.29) is 6.61 Å². The third kappa shape index (κ3) is 3.20. The number of benzene rings is 2. The molecule has 0 aromatic heterocycles. The Balaban J connectivity index is 2.36. The van der Waals surface area contributed by atoms with Gasteiger partial charge in [0.2, 0.25) is 0 Å². The molecule has 0 aliphatic heterocycles. The van der Waals surface area contributed by atoms with Crippen LogP contribution in [0.1, 0.15) is 30.5 Å². The van der Waals surface area contributed by atoms with E-state index in [9.17, 15) is 9.35 Å². The van der Waals surface area contributed by atoms with Crippen molar-refractivity contribution in [1.82, 2.24) is 0 Å². The van der Waals surface area contributed by atoms with E-state index in [0.717, 1.165) is 22.3 Å². The Morgan fingerprint density at radius 2 is 1.81 bits per heavy atom. The number of ether oxygens (including phenoxy) is 2. The molecule has 136 valence electrons. The van der Waals surface area contributed by atoms with E-state index in [1.54, 1.807) is 14.0 Å². The fourth-order valence-corrected chi connectivity index (χ4v) is 4.26. The van der Waals surface area contributed by atoms with Gasteiger partial charge >= 0.3 is 5.97 Å². The van der Waals surface area contributed by atoms with Crippen LogP contribution < -0.4 is 4.74 Å². The zero-order valence-corrected chi connectivity index (χ0v) is 15.9. The second-order valence-corrected chi connectivity index (χ2v) is 7.45. The number of hydrogen-bond acceptors (Lipinski definition) is 4. The summed E-state index contributed by atoms with van der Waals surface area (Å²) >= 11 is 0. The Bertz CT molecular complexity index is 897. The number of esters is 1. The van der Waals surface area contributed by atoms with Gasteiger partial charge in [-0.15, -0.1) is 0 Å². The monoisotopic (exact) mass is 370 g/mol. The molecule has 5 heteroatoms. The SMILES string of the molecule is CCOC(=O)C1=C(c2ccccc2)c2ccc(OC)cc2/C1=S(\O)CC. The molecule has 0 saturated heterocycles. The van der Waals surface area contributed by atoms with Crippen LogP contribution in [0.25, 0.3) is 5.57 Å². The summed E-state index contributed by atoms with van der Waals surface area (Å²) < 4.78 is 21.4. The first-order valence-corrected chi connectivity index (χ1v) is 9.90. The maximum Gasteiger partial charge on any atom is 0.339 e. The van der Waals surface area contributed by atoms with Gasteiger partial charge in [-0.2, -0.15) is 0 Å². The van der Waals surface area contributed by atoms with Gasteiger partial charge in [0.15, 0.2) is 0 Å². The Hall–Kier alpha value is -2.37. The number of hydrogen-bond donors (Lipinski definition) is 1. The summed E-state index contributed by atoms with van der Waals surface area (Å²) in [5.74, 6) is 0.806. The minimum Gasteiger partial charge on any atom is -0.497 e. The van der Waals surface area contributed by atoms with Crippen molar-refractivity contribution >= 4 is 27.2 Å². The average molecular weight is 370 g/mol. The molecule has 1 atom stereocenters. The molecule has 0 saturated carbocycles. The lowest BCUT2D eigenvalue weighted by atomic mass is 9.97. The van der Waals surface area contributed by atoms with Gasteiger partial charge in [0.05, 0.1) is 19.3 Å². The van der Waals surface area contributed by atoms with Crippen LogP contribution in [0.2, 0.25) is 0 Å². The maximum atomic E-state index is 12.8. The standard InChI is InChI=1S/C21H22O4S/c1-4-25-21(22)19-18(14-9-7-6-8-10-14)16-12-11-15(24-3)13-17(16)20(19)26(23)5-2/h6-13,23H,4-5H2,1-3H3. The summed E-state index contributed by atoms with van der Waals surface area (Å²) in [6.07, 6.45) is 0. The van der Waals surface area contributed by atoms with Gasteiger partial charge in [-0.25, -0.2) is 4.79 Å². The molecule has 1 aliphatic rings. The third-order valence-corrected chi connectivity index (χ3v) is 5.71. The molecule has 3 rings (SSSR count). The molecule has 0 spiro atoms. The van der Waals surface area contributed by atoms with Crippen molar-refractivity contribution in [2.45, 2.75) is 13.8 Å². The van der Waals surface area contributed by atoms with Gasteiger partial charge < -0.3 is 14.0 Å².